The number of hydrogen-bond donors (Lipinski definition) is 1. The number of amides is 1. The maximum absolute atomic E-state index is 12.1. The van der Waals surface area contributed by atoms with Crippen molar-refractivity contribution >= 4 is 5.91 Å². The van der Waals surface area contributed by atoms with Crippen molar-refractivity contribution in [2.45, 2.75) is 45.6 Å². The van der Waals surface area contributed by atoms with E-state index < -0.39 is 5.92 Å². The van der Waals surface area contributed by atoms with Gasteiger partial charge in [0.1, 0.15) is 5.92 Å². The first-order chi connectivity index (χ1) is 9.21. The van der Waals surface area contributed by atoms with Crippen LogP contribution in [0.2, 0.25) is 0 Å². The molecule has 0 aliphatic heterocycles. The van der Waals surface area contributed by atoms with Gasteiger partial charge < -0.3 is 5.32 Å². The molecule has 0 aromatic heterocycles. The topological polar surface area (TPSA) is 52.9 Å². The molecule has 102 valence electrons. The van der Waals surface area contributed by atoms with Crippen LogP contribution in [0.4, 0.5) is 0 Å². The summed E-state index contributed by atoms with van der Waals surface area (Å²) in [5, 5.41) is 12.1. The van der Waals surface area contributed by atoms with E-state index in [0.717, 1.165) is 24.8 Å². The Morgan fingerprint density at radius 1 is 1.32 bits per heavy atom. The molecule has 0 bridgehead atoms. The summed E-state index contributed by atoms with van der Waals surface area (Å²) >= 11 is 0. The SMILES string of the molecule is CCCC(CC)NC(=O)C(C#N)Cc1ccccc1. The maximum atomic E-state index is 12.1. The van der Waals surface area contributed by atoms with Gasteiger partial charge in [-0.05, 0) is 24.8 Å². The van der Waals surface area contributed by atoms with E-state index in [9.17, 15) is 4.79 Å². The van der Waals surface area contributed by atoms with E-state index in [4.69, 9.17) is 5.26 Å². The van der Waals surface area contributed by atoms with Gasteiger partial charge in [-0.2, -0.15) is 5.26 Å². The number of carbonyl (C=O) groups is 1. The minimum Gasteiger partial charge on any atom is -0.352 e. The Morgan fingerprint density at radius 2 is 2.00 bits per heavy atom. The molecule has 1 N–H and O–H groups in total. The van der Waals surface area contributed by atoms with Crippen molar-refractivity contribution < 1.29 is 4.79 Å². The molecule has 19 heavy (non-hydrogen) atoms. The highest BCUT2D eigenvalue weighted by Crippen LogP contribution is 2.10. The Kier molecular flexibility index (Phi) is 6.67. The molecule has 0 aliphatic rings. The lowest BCUT2D eigenvalue weighted by Gasteiger charge is -2.18. The molecule has 1 amide bonds. The summed E-state index contributed by atoms with van der Waals surface area (Å²) in [6.07, 6.45) is 3.38. The van der Waals surface area contributed by atoms with E-state index in [1.54, 1.807) is 0 Å². The van der Waals surface area contributed by atoms with Gasteiger partial charge in [0, 0.05) is 6.04 Å². The molecule has 2 unspecified atom stereocenters. The summed E-state index contributed by atoms with van der Waals surface area (Å²) in [6, 6.07) is 12.0. The third-order valence-electron chi connectivity index (χ3n) is 3.23. The normalized spacial score (nSPS) is 13.3. The largest absolute Gasteiger partial charge is 0.352 e. The molecule has 0 saturated carbocycles. The van der Waals surface area contributed by atoms with E-state index in [0.29, 0.717) is 6.42 Å². The van der Waals surface area contributed by atoms with Gasteiger partial charge in [-0.15, -0.1) is 0 Å². The third kappa shape index (κ3) is 5.13. The molecule has 3 heteroatoms. The quantitative estimate of drug-likeness (QED) is 0.817. The highest BCUT2D eigenvalue weighted by Gasteiger charge is 2.20. The molecule has 0 aliphatic carbocycles. The Hall–Kier alpha value is -1.82. The van der Waals surface area contributed by atoms with Crippen LogP contribution in [0.15, 0.2) is 30.3 Å². The van der Waals surface area contributed by atoms with Crippen molar-refractivity contribution in [1.82, 2.24) is 5.32 Å². The summed E-state index contributed by atoms with van der Waals surface area (Å²) in [7, 11) is 0. The summed E-state index contributed by atoms with van der Waals surface area (Å²) in [5.74, 6) is -0.750. The predicted octanol–water partition coefficient (Wildman–Crippen LogP) is 3.06. The second-order valence-electron chi connectivity index (χ2n) is 4.77. The van der Waals surface area contributed by atoms with Gasteiger partial charge >= 0.3 is 0 Å². The van der Waals surface area contributed by atoms with Crippen molar-refractivity contribution in [2.24, 2.45) is 5.92 Å². The number of rotatable bonds is 7. The first kappa shape index (κ1) is 15.2. The van der Waals surface area contributed by atoms with Crippen molar-refractivity contribution in [3.05, 3.63) is 35.9 Å². The zero-order valence-corrected chi connectivity index (χ0v) is 11.7. The molecule has 0 fully saturated rings. The van der Waals surface area contributed by atoms with Crippen molar-refractivity contribution in [1.29, 1.82) is 5.26 Å². The van der Waals surface area contributed by atoms with Crippen LogP contribution in [-0.2, 0) is 11.2 Å². The molecule has 2 atom stereocenters. The summed E-state index contributed by atoms with van der Waals surface area (Å²) < 4.78 is 0. The Morgan fingerprint density at radius 3 is 2.53 bits per heavy atom. The number of nitriles is 1. The number of nitrogens with one attached hydrogen (secondary N) is 1. The average molecular weight is 258 g/mol. The van der Waals surface area contributed by atoms with Crippen LogP contribution in [0.1, 0.15) is 38.7 Å². The number of nitrogens with zero attached hydrogens (tertiary/aromatic N) is 1. The fourth-order valence-electron chi connectivity index (χ4n) is 2.08. The Bertz CT molecular complexity index is 422. The van der Waals surface area contributed by atoms with E-state index >= 15 is 0 Å². The zero-order chi connectivity index (χ0) is 14.1. The number of carbonyl (C=O) groups excluding carboxylic acids is 1. The van der Waals surface area contributed by atoms with Crippen molar-refractivity contribution in [2.75, 3.05) is 0 Å². The Balaban J connectivity index is 2.60. The van der Waals surface area contributed by atoms with Crippen LogP contribution in [0.25, 0.3) is 0 Å². The number of benzene rings is 1. The molecule has 1 aromatic carbocycles. The molecule has 0 saturated heterocycles. The molecule has 1 aromatic rings. The smallest absolute Gasteiger partial charge is 0.237 e. The Labute approximate surface area is 115 Å². The van der Waals surface area contributed by atoms with Gasteiger partial charge in [0.25, 0.3) is 0 Å². The molecule has 0 heterocycles. The first-order valence-electron chi connectivity index (χ1n) is 6.95. The fraction of sp³-hybridized carbons (Fsp3) is 0.500. The second kappa shape index (κ2) is 8.31. The molecule has 0 spiro atoms. The first-order valence-corrected chi connectivity index (χ1v) is 6.95. The lowest BCUT2D eigenvalue weighted by atomic mass is 9.99. The van der Waals surface area contributed by atoms with Gasteiger partial charge in [0.15, 0.2) is 0 Å². The van der Waals surface area contributed by atoms with Crippen LogP contribution in [-0.4, -0.2) is 11.9 Å². The van der Waals surface area contributed by atoms with Crippen LogP contribution in [0.3, 0.4) is 0 Å². The molecule has 3 nitrogen and oxygen atoms in total. The average Bonchev–Trinajstić information content (AvgIpc) is 2.45. The van der Waals surface area contributed by atoms with Gasteiger partial charge in [0.2, 0.25) is 5.91 Å². The molecular weight excluding hydrogens is 236 g/mol. The van der Waals surface area contributed by atoms with Gasteiger partial charge in [-0.3, -0.25) is 4.79 Å². The van der Waals surface area contributed by atoms with Crippen LogP contribution in [0, 0.1) is 17.2 Å². The highest BCUT2D eigenvalue weighted by atomic mass is 16.1. The van der Waals surface area contributed by atoms with Crippen molar-refractivity contribution in [3.63, 3.8) is 0 Å². The molecular formula is C16H22N2O. The predicted molar refractivity (Wildman–Crippen MR) is 76.4 cm³/mol. The van der Waals surface area contributed by atoms with Crippen LogP contribution < -0.4 is 5.32 Å². The van der Waals surface area contributed by atoms with Gasteiger partial charge in [-0.1, -0.05) is 50.6 Å². The third-order valence-corrected chi connectivity index (χ3v) is 3.23. The van der Waals surface area contributed by atoms with E-state index in [1.807, 2.05) is 30.3 Å². The summed E-state index contributed by atoms with van der Waals surface area (Å²) in [4.78, 5) is 12.1. The second-order valence-corrected chi connectivity index (χ2v) is 4.77. The monoisotopic (exact) mass is 258 g/mol. The lowest BCUT2D eigenvalue weighted by molar-refractivity contribution is -0.124. The van der Waals surface area contributed by atoms with Gasteiger partial charge in [-0.25, -0.2) is 0 Å². The standard InChI is InChI=1S/C16H22N2O/c1-3-8-15(4-2)18-16(19)14(12-17)11-13-9-6-5-7-10-13/h5-7,9-10,14-15H,3-4,8,11H2,1-2H3,(H,18,19). The summed E-state index contributed by atoms with van der Waals surface area (Å²) in [6.45, 7) is 4.15. The van der Waals surface area contributed by atoms with E-state index in [-0.39, 0.29) is 11.9 Å². The van der Waals surface area contributed by atoms with E-state index in [2.05, 4.69) is 25.2 Å². The zero-order valence-electron chi connectivity index (χ0n) is 11.7. The molecule has 0 radical (unpaired) electrons. The van der Waals surface area contributed by atoms with Crippen LogP contribution >= 0.6 is 0 Å². The molecule has 1 rings (SSSR count). The maximum Gasteiger partial charge on any atom is 0.237 e. The van der Waals surface area contributed by atoms with Crippen LogP contribution in [0.5, 0.6) is 0 Å². The lowest BCUT2D eigenvalue weighted by Crippen LogP contribution is -2.38. The fourth-order valence-corrected chi connectivity index (χ4v) is 2.08. The van der Waals surface area contributed by atoms with Gasteiger partial charge in [0.05, 0.1) is 6.07 Å². The summed E-state index contributed by atoms with van der Waals surface area (Å²) in [5.41, 5.74) is 1.02. The minimum absolute atomic E-state index is 0.147. The van der Waals surface area contributed by atoms with Crippen molar-refractivity contribution in [3.8, 4) is 6.07 Å². The highest BCUT2D eigenvalue weighted by molar-refractivity contribution is 5.81. The minimum atomic E-state index is -0.603. The van der Waals surface area contributed by atoms with E-state index in [1.165, 1.54) is 0 Å². The number of hydrogen-bond acceptors (Lipinski definition) is 2.